The Bertz CT molecular complexity index is 766. The summed E-state index contributed by atoms with van der Waals surface area (Å²) in [6.07, 6.45) is 2.54. The fourth-order valence-electron chi connectivity index (χ4n) is 2.14. The molecule has 3 heteroatoms. The molecular weight excluding hydrogens is 238 g/mol. The zero-order valence-electron chi connectivity index (χ0n) is 10.1. The molecule has 0 aliphatic carbocycles. The Morgan fingerprint density at radius 2 is 1.95 bits per heavy atom. The van der Waals surface area contributed by atoms with Gasteiger partial charge in [0.2, 0.25) is 0 Å². The number of hydrogen-bond acceptors (Lipinski definition) is 3. The van der Waals surface area contributed by atoms with Crippen LogP contribution in [0.2, 0.25) is 0 Å². The Balaban J connectivity index is 2.31. The molecule has 2 aromatic carbocycles. The third-order valence-electron chi connectivity index (χ3n) is 3.05. The van der Waals surface area contributed by atoms with Gasteiger partial charge in [0, 0.05) is 22.7 Å². The van der Waals surface area contributed by atoms with Gasteiger partial charge in [0.05, 0.1) is 5.69 Å². The highest BCUT2D eigenvalue weighted by molar-refractivity contribution is 5.97. The number of aromatic nitrogens is 1. The molecule has 0 radical (unpaired) electrons. The Morgan fingerprint density at radius 1 is 1.05 bits per heavy atom. The molecular formula is C16H11NO2. The highest BCUT2D eigenvalue weighted by Gasteiger charge is 2.06. The molecule has 0 spiro atoms. The standard InChI is InChI=1S/C16H11NO2/c18-10-11-4-5-12-6-7-17-16(15(12)8-11)13-2-1-3-14(19)9-13/h1-10,19H. The monoisotopic (exact) mass is 249 g/mol. The fraction of sp³-hybridized carbons (Fsp3) is 0. The normalized spacial score (nSPS) is 10.5. The number of carbonyl (C=O) groups excluding carboxylic acids is 1. The van der Waals surface area contributed by atoms with E-state index >= 15 is 0 Å². The van der Waals surface area contributed by atoms with Gasteiger partial charge in [-0.05, 0) is 29.7 Å². The summed E-state index contributed by atoms with van der Waals surface area (Å²) in [6, 6.07) is 14.3. The van der Waals surface area contributed by atoms with E-state index in [9.17, 15) is 9.90 Å². The van der Waals surface area contributed by atoms with Gasteiger partial charge in [0.1, 0.15) is 12.0 Å². The molecule has 0 fully saturated rings. The summed E-state index contributed by atoms with van der Waals surface area (Å²) >= 11 is 0. The molecule has 3 nitrogen and oxygen atoms in total. The summed E-state index contributed by atoms with van der Waals surface area (Å²) in [5.74, 6) is 0.197. The van der Waals surface area contributed by atoms with Crippen molar-refractivity contribution in [2.24, 2.45) is 0 Å². The van der Waals surface area contributed by atoms with E-state index in [1.807, 2.05) is 24.3 Å². The van der Waals surface area contributed by atoms with Gasteiger partial charge in [-0.25, -0.2) is 0 Å². The number of aromatic hydroxyl groups is 1. The minimum atomic E-state index is 0.197. The van der Waals surface area contributed by atoms with Crippen molar-refractivity contribution in [1.29, 1.82) is 0 Å². The SMILES string of the molecule is O=Cc1ccc2ccnc(-c3cccc(O)c3)c2c1. The molecule has 0 atom stereocenters. The van der Waals surface area contributed by atoms with E-state index < -0.39 is 0 Å². The lowest BCUT2D eigenvalue weighted by Gasteiger charge is -2.06. The van der Waals surface area contributed by atoms with Crippen molar-refractivity contribution in [1.82, 2.24) is 4.98 Å². The number of hydrogen-bond donors (Lipinski definition) is 1. The van der Waals surface area contributed by atoms with Crippen LogP contribution in [-0.4, -0.2) is 16.4 Å². The van der Waals surface area contributed by atoms with Crippen LogP contribution in [0.3, 0.4) is 0 Å². The van der Waals surface area contributed by atoms with Crippen LogP contribution in [0.1, 0.15) is 10.4 Å². The summed E-state index contributed by atoms with van der Waals surface area (Å²) < 4.78 is 0. The van der Waals surface area contributed by atoms with Gasteiger partial charge in [0.15, 0.2) is 0 Å². The van der Waals surface area contributed by atoms with Crippen molar-refractivity contribution in [2.75, 3.05) is 0 Å². The van der Waals surface area contributed by atoms with Crippen molar-refractivity contribution >= 4 is 17.1 Å². The van der Waals surface area contributed by atoms with Crippen LogP contribution < -0.4 is 0 Å². The van der Waals surface area contributed by atoms with Gasteiger partial charge in [0.25, 0.3) is 0 Å². The van der Waals surface area contributed by atoms with Crippen LogP contribution in [0.25, 0.3) is 22.0 Å². The predicted molar refractivity (Wildman–Crippen MR) is 74.2 cm³/mol. The summed E-state index contributed by atoms with van der Waals surface area (Å²) in [6.45, 7) is 0. The topological polar surface area (TPSA) is 50.2 Å². The van der Waals surface area contributed by atoms with Crippen LogP contribution in [0.5, 0.6) is 5.75 Å². The van der Waals surface area contributed by atoms with E-state index in [2.05, 4.69) is 4.98 Å². The van der Waals surface area contributed by atoms with E-state index in [1.54, 1.807) is 30.5 Å². The molecule has 0 unspecified atom stereocenters. The number of phenolic OH excluding ortho intramolecular Hbond substituents is 1. The number of fused-ring (bicyclic) bond motifs is 1. The molecule has 1 N–H and O–H groups in total. The Hall–Kier alpha value is -2.68. The zero-order chi connectivity index (χ0) is 13.2. The molecule has 0 aliphatic heterocycles. The minimum Gasteiger partial charge on any atom is -0.508 e. The highest BCUT2D eigenvalue weighted by atomic mass is 16.3. The molecule has 92 valence electrons. The fourth-order valence-corrected chi connectivity index (χ4v) is 2.14. The first-order valence-corrected chi connectivity index (χ1v) is 5.91. The third-order valence-corrected chi connectivity index (χ3v) is 3.05. The van der Waals surface area contributed by atoms with Crippen LogP contribution >= 0.6 is 0 Å². The second-order valence-corrected chi connectivity index (χ2v) is 4.31. The van der Waals surface area contributed by atoms with Crippen LogP contribution in [0.4, 0.5) is 0 Å². The van der Waals surface area contributed by atoms with Gasteiger partial charge >= 0.3 is 0 Å². The van der Waals surface area contributed by atoms with Gasteiger partial charge < -0.3 is 5.11 Å². The smallest absolute Gasteiger partial charge is 0.150 e. The Morgan fingerprint density at radius 3 is 2.74 bits per heavy atom. The number of phenols is 1. The summed E-state index contributed by atoms with van der Waals surface area (Å²) in [7, 11) is 0. The first kappa shape index (κ1) is 11.4. The summed E-state index contributed by atoms with van der Waals surface area (Å²) in [4.78, 5) is 15.3. The maximum Gasteiger partial charge on any atom is 0.150 e. The van der Waals surface area contributed by atoms with E-state index in [-0.39, 0.29) is 5.75 Å². The van der Waals surface area contributed by atoms with Gasteiger partial charge in [-0.15, -0.1) is 0 Å². The predicted octanol–water partition coefficient (Wildman–Crippen LogP) is 3.42. The first-order chi connectivity index (χ1) is 9.28. The van der Waals surface area contributed by atoms with Crippen molar-refractivity contribution in [3.63, 3.8) is 0 Å². The number of rotatable bonds is 2. The van der Waals surface area contributed by atoms with Crippen LogP contribution in [0.15, 0.2) is 54.7 Å². The van der Waals surface area contributed by atoms with E-state index in [0.717, 1.165) is 28.3 Å². The summed E-state index contributed by atoms with van der Waals surface area (Å²) in [5.41, 5.74) is 2.20. The average Bonchev–Trinajstić information content (AvgIpc) is 2.46. The number of benzene rings is 2. The quantitative estimate of drug-likeness (QED) is 0.708. The summed E-state index contributed by atoms with van der Waals surface area (Å²) in [5, 5.41) is 11.5. The molecule has 0 saturated heterocycles. The maximum atomic E-state index is 10.9. The van der Waals surface area contributed by atoms with E-state index in [1.165, 1.54) is 0 Å². The van der Waals surface area contributed by atoms with Gasteiger partial charge in [-0.3, -0.25) is 9.78 Å². The van der Waals surface area contributed by atoms with Crippen molar-refractivity contribution in [3.8, 4) is 17.0 Å². The lowest BCUT2D eigenvalue weighted by Crippen LogP contribution is -1.88. The Kier molecular flexibility index (Phi) is 2.72. The third kappa shape index (κ3) is 2.06. The second-order valence-electron chi connectivity index (χ2n) is 4.31. The average molecular weight is 249 g/mol. The van der Waals surface area contributed by atoms with E-state index in [0.29, 0.717) is 5.56 Å². The molecule has 1 heterocycles. The zero-order valence-corrected chi connectivity index (χ0v) is 10.1. The lowest BCUT2D eigenvalue weighted by molar-refractivity contribution is 0.112. The number of pyridine rings is 1. The molecule has 0 saturated carbocycles. The van der Waals surface area contributed by atoms with Gasteiger partial charge in [-0.1, -0.05) is 24.3 Å². The van der Waals surface area contributed by atoms with Crippen LogP contribution in [-0.2, 0) is 0 Å². The number of aldehydes is 1. The molecule has 1 aromatic heterocycles. The molecule has 3 rings (SSSR count). The minimum absolute atomic E-state index is 0.197. The molecule has 3 aromatic rings. The van der Waals surface area contributed by atoms with Crippen LogP contribution in [0, 0.1) is 0 Å². The molecule has 0 bridgehead atoms. The van der Waals surface area contributed by atoms with Gasteiger partial charge in [-0.2, -0.15) is 0 Å². The molecule has 0 amide bonds. The Labute approximate surface area is 110 Å². The van der Waals surface area contributed by atoms with Crippen molar-refractivity contribution in [3.05, 3.63) is 60.3 Å². The van der Waals surface area contributed by atoms with E-state index in [4.69, 9.17) is 0 Å². The second kappa shape index (κ2) is 4.53. The molecule has 19 heavy (non-hydrogen) atoms. The first-order valence-electron chi connectivity index (χ1n) is 5.91. The lowest BCUT2D eigenvalue weighted by atomic mass is 10.0. The molecule has 0 aliphatic rings. The maximum absolute atomic E-state index is 10.9. The van der Waals surface area contributed by atoms with Crippen molar-refractivity contribution in [2.45, 2.75) is 0 Å². The highest BCUT2D eigenvalue weighted by Crippen LogP contribution is 2.28. The largest absolute Gasteiger partial charge is 0.508 e. The number of nitrogens with zero attached hydrogens (tertiary/aromatic N) is 1. The van der Waals surface area contributed by atoms with Crippen molar-refractivity contribution < 1.29 is 9.90 Å². The number of carbonyl (C=O) groups is 1.